The first-order chi connectivity index (χ1) is 17.3. The highest BCUT2D eigenvalue weighted by Crippen LogP contribution is 2.45. The molecule has 0 saturated heterocycles. The molecule has 3 nitrogen and oxygen atoms in total. The Kier molecular flexibility index (Phi) is 4.21. The van der Waals surface area contributed by atoms with Gasteiger partial charge < -0.3 is 9.72 Å². The molecular formula is C32H21NO2. The van der Waals surface area contributed by atoms with Crippen LogP contribution in [0.2, 0.25) is 0 Å². The molecule has 0 aliphatic rings. The molecule has 0 fully saturated rings. The van der Waals surface area contributed by atoms with Crippen molar-refractivity contribution in [1.82, 2.24) is 4.98 Å². The fraction of sp³-hybridized carbons (Fsp3) is 0.0312. The molecule has 0 radical (unpaired) electrons. The molecule has 0 atom stereocenters. The van der Waals surface area contributed by atoms with Gasteiger partial charge in [-0.15, -0.1) is 0 Å². The number of esters is 1. The summed E-state index contributed by atoms with van der Waals surface area (Å²) >= 11 is 0. The maximum Gasteiger partial charge on any atom is 0.355 e. The number of benzene rings is 6. The van der Waals surface area contributed by atoms with Crippen LogP contribution in [0.4, 0.5) is 0 Å². The number of carbonyl (C=O) groups excluding carboxylic acids is 1. The first-order valence-corrected chi connectivity index (χ1v) is 11.7. The zero-order valence-corrected chi connectivity index (χ0v) is 19.1. The van der Waals surface area contributed by atoms with E-state index in [0.717, 1.165) is 59.7 Å². The minimum atomic E-state index is -0.374. The van der Waals surface area contributed by atoms with Crippen LogP contribution in [-0.4, -0.2) is 18.1 Å². The van der Waals surface area contributed by atoms with E-state index in [1.165, 1.54) is 12.5 Å². The number of carbonyl (C=O) groups is 1. The van der Waals surface area contributed by atoms with Crippen LogP contribution in [0.1, 0.15) is 10.5 Å². The van der Waals surface area contributed by atoms with Crippen molar-refractivity contribution in [3.8, 4) is 11.1 Å². The fourth-order valence-corrected chi connectivity index (χ4v) is 5.63. The number of fused-ring (bicyclic) bond motifs is 9. The highest BCUT2D eigenvalue weighted by Gasteiger charge is 2.25. The summed E-state index contributed by atoms with van der Waals surface area (Å²) in [6.07, 6.45) is 0. The Morgan fingerprint density at radius 3 is 1.83 bits per heavy atom. The number of nitrogens with one attached hydrogen (secondary N) is 1. The van der Waals surface area contributed by atoms with Gasteiger partial charge in [0, 0.05) is 16.3 Å². The number of aromatic amines is 1. The molecule has 166 valence electrons. The molecule has 0 spiro atoms. The van der Waals surface area contributed by atoms with Crippen molar-refractivity contribution in [3.05, 3.63) is 109 Å². The maximum absolute atomic E-state index is 13.2. The van der Waals surface area contributed by atoms with Gasteiger partial charge in [-0.3, -0.25) is 0 Å². The largest absolute Gasteiger partial charge is 0.464 e. The van der Waals surface area contributed by atoms with Crippen molar-refractivity contribution < 1.29 is 9.53 Å². The lowest BCUT2D eigenvalue weighted by Crippen LogP contribution is -2.03. The molecule has 6 aromatic carbocycles. The highest BCUT2D eigenvalue weighted by atomic mass is 16.5. The lowest BCUT2D eigenvalue weighted by Gasteiger charge is -2.13. The van der Waals surface area contributed by atoms with Crippen molar-refractivity contribution >= 4 is 60.0 Å². The van der Waals surface area contributed by atoms with E-state index in [-0.39, 0.29) is 5.97 Å². The van der Waals surface area contributed by atoms with E-state index in [9.17, 15) is 4.79 Å². The van der Waals surface area contributed by atoms with Crippen molar-refractivity contribution in [2.24, 2.45) is 0 Å². The number of rotatable bonds is 2. The summed E-state index contributed by atoms with van der Waals surface area (Å²) in [5.74, 6) is -0.374. The smallest absolute Gasteiger partial charge is 0.355 e. The SMILES string of the molecule is COC(=O)c1[nH]c2c3ccccc3c3ccccc3c2c1-c1cc2ccccc2c2ccccc12. The third-order valence-electron chi connectivity index (χ3n) is 7.11. The minimum Gasteiger partial charge on any atom is -0.464 e. The summed E-state index contributed by atoms with van der Waals surface area (Å²) in [7, 11) is 1.44. The number of ether oxygens (including phenoxy) is 1. The van der Waals surface area contributed by atoms with Crippen molar-refractivity contribution in [1.29, 1.82) is 0 Å². The lowest BCUT2D eigenvalue weighted by atomic mass is 9.89. The molecule has 1 N–H and O–H groups in total. The van der Waals surface area contributed by atoms with E-state index < -0.39 is 0 Å². The van der Waals surface area contributed by atoms with Crippen molar-refractivity contribution in [2.45, 2.75) is 0 Å². The third kappa shape index (κ3) is 2.75. The van der Waals surface area contributed by atoms with Crippen molar-refractivity contribution in [2.75, 3.05) is 7.11 Å². The molecule has 0 aliphatic heterocycles. The van der Waals surface area contributed by atoms with Gasteiger partial charge in [0.15, 0.2) is 0 Å². The molecular weight excluding hydrogens is 430 g/mol. The van der Waals surface area contributed by atoms with E-state index in [4.69, 9.17) is 4.74 Å². The summed E-state index contributed by atoms with van der Waals surface area (Å²) in [5, 5.41) is 10.2. The number of H-pyrrole nitrogens is 1. The molecule has 0 aliphatic carbocycles. The average molecular weight is 452 g/mol. The van der Waals surface area contributed by atoms with Crippen LogP contribution in [0.5, 0.6) is 0 Å². The number of aromatic nitrogens is 1. The second-order valence-electron chi connectivity index (χ2n) is 8.90. The molecule has 0 unspecified atom stereocenters. The molecule has 3 heteroatoms. The summed E-state index contributed by atoms with van der Waals surface area (Å²) < 4.78 is 5.28. The van der Waals surface area contributed by atoms with E-state index in [1.807, 2.05) is 6.07 Å². The molecule has 35 heavy (non-hydrogen) atoms. The summed E-state index contributed by atoms with van der Waals surface area (Å²) in [6.45, 7) is 0. The topological polar surface area (TPSA) is 42.1 Å². The lowest BCUT2D eigenvalue weighted by molar-refractivity contribution is 0.0596. The van der Waals surface area contributed by atoms with E-state index >= 15 is 0 Å². The second kappa shape index (κ2) is 7.44. The maximum atomic E-state index is 13.2. The molecule has 0 bridgehead atoms. The van der Waals surface area contributed by atoms with Crippen LogP contribution in [0, 0.1) is 0 Å². The monoisotopic (exact) mass is 451 g/mol. The third-order valence-corrected chi connectivity index (χ3v) is 7.11. The Hall–Kier alpha value is -4.63. The number of hydrogen-bond acceptors (Lipinski definition) is 2. The Labute approximate surface area is 201 Å². The zero-order chi connectivity index (χ0) is 23.5. The van der Waals surface area contributed by atoms with Gasteiger partial charge >= 0.3 is 5.97 Å². The van der Waals surface area contributed by atoms with Crippen LogP contribution in [0.3, 0.4) is 0 Å². The van der Waals surface area contributed by atoms with Crippen molar-refractivity contribution in [3.63, 3.8) is 0 Å². The molecule has 1 aromatic heterocycles. The Bertz CT molecular complexity index is 1960. The number of hydrogen-bond donors (Lipinski definition) is 1. The van der Waals surface area contributed by atoms with Gasteiger partial charge in [-0.2, -0.15) is 0 Å². The molecule has 7 aromatic rings. The van der Waals surface area contributed by atoms with Gasteiger partial charge in [0.25, 0.3) is 0 Å². The van der Waals surface area contributed by atoms with Crippen LogP contribution in [-0.2, 0) is 4.74 Å². The first-order valence-electron chi connectivity index (χ1n) is 11.7. The predicted molar refractivity (Wildman–Crippen MR) is 145 cm³/mol. The minimum absolute atomic E-state index is 0.374. The predicted octanol–water partition coefficient (Wildman–Crippen LogP) is 8.23. The normalized spacial score (nSPS) is 11.7. The molecule has 7 rings (SSSR count). The van der Waals surface area contributed by atoms with Gasteiger partial charge in [0.1, 0.15) is 5.69 Å². The van der Waals surface area contributed by atoms with Gasteiger partial charge in [0.05, 0.1) is 12.6 Å². The van der Waals surface area contributed by atoms with Crippen LogP contribution in [0.25, 0.3) is 65.1 Å². The molecule has 0 saturated carbocycles. The summed E-state index contributed by atoms with van der Waals surface area (Å²) in [4.78, 5) is 16.7. The molecule has 0 amide bonds. The Morgan fingerprint density at radius 2 is 1.14 bits per heavy atom. The van der Waals surface area contributed by atoms with Gasteiger partial charge in [-0.05, 0) is 49.3 Å². The molecule has 1 heterocycles. The van der Waals surface area contributed by atoms with Crippen LogP contribution in [0.15, 0.2) is 103 Å². The summed E-state index contributed by atoms with van der Waals surface area (Å²) in [6, 6.07) is 35.8. The average Bonchev–Trinajstić information content (AvgIpc) is 3.33. The van der Waals surface area contributed by atoms with Gasteiger partial charge in [-0.1, -0.05) is 97.1 Å². The summed E-state index contributed by atoms with van der Waals surface area (Å²) in [5.41, 5.74) is 3.33. The standard InChI is InChI=1S/C32H21NO2/c1-35-32(34)31-29(27-18-19-10-2-3-11-20(19)21-12-4-5-15-24(21)27)28-25-16-8-6-13-22(25)23-14-7-9-17-26(23)30(28)33-31/h2-18,33H,1H3. The zero-order valence-electron chi connectivity index (χ0n) is 19.1. The van der Waals surface area contributed by atoms with Crippen LogP contribution < -0.4 is 0 Å². The van der Waals surface area contributed by atoms with E-state index in [0.29, 0.717) is 5.69 Å². The van der Waals surface area contributed by atoms with E-state index in [1.54, 1.807) is 0 Å². The number of methoxy groups -OCH3 is 1. The van der Waals surface area contributed by atoms with Gasteiger partial charge in [-0.25, -0.2) is 4.79 Å². The van der Waals surface area contributed by atoms with Gasteiger partial charge in [0.2, 0.25) is 0 Å². The second-order valence-corrected chi connectivity index (χ2v) is 8.90. The fourth-order valence-electron chi connectivity index (χ4n) is 5.63. The van der Waals surface area contributed by atoms with E-state index in [2.05, 4.69) is 102 Å². The van der Waals surface area contributed by atoms with Crippen LogP contribution >= 0.6 is 0 Å². The quantitative estimate of drug-likeness (QED) is 0.212. The Morgan fingerprint density at radius 1 is 0.629 bits per heavy atom. The Balaban J connectivity index is 1.77. The first kappa shape index (κ1) is 19.8. The highest BCUT2D eigenvalue weighted by molar-refractivity contribution is 6.31.